The number of aliphatic hydroxyl groups is 1. The summed E-state index contributed by atoms with van der Waals surface area (Å²) in [6.07, 6.45) is 0.888. The van der Waals surface area contributed by atoms with Crippen molar-refractivity contribution in [3.05, 3.63) is 0 Å². The lowest BCUT2D eigenvalue weighted by Gasteiger charge is -2.62. The number of aliphatic hydroxyl groups excluding tert-OH is 1. The zero-order chi connectivity index (χ0) is 19.9. The first kappa shape index (κ1) is 19.7. The molecule has 28 heavy (non-hydrogen) atoms. The maximum Gasteiger partial charge on any atom is 0.201 e. The molecular weight excluding hydrogens is 386 g/mol. The second-order valence-corrected chi connectivity index (χ2v) is 11.9. The summed E-state index contributed by atoms with van der Waals surface area (Å²) in [6.45, 7) is 6.98. The second-order valence-electron chi connectivity index (χ2n) is 9.59. The van der Waals surface area contributed by atoms with E-state index in [0.29, 0.717) is 25.9 Å². The van der Waals surface area contributed by atoms with E-state index in [4.69, 9.17) is 19.2 Å². The van der Waals surface area contributed by atoms with Crippen LogP contribution in [0, 0.1) is 23.7 Å². The number of fused-ring (bicyclic) bond motifs is 2. The molecule has 6 aliphatic rings. The van der Waals surface area contributed by atoms with E-state index in [1.165, 1.54) is 0 Å². The van der Waals surface area contributed by atoms with Crippen LogP contribution in [-0.2, 0) is 29.1 Å². The fraction of sp³-hybridized carbons (Fsp3) is 1.00. The Labute approximate surface area is 166 Å². The molecule has 1 saturated carbocycles. The number of hydrogen-bond donors (Lipinski definition) is 1. The molecule has 8 nitrogen and oxygen atoms in total. The summed E-state index contributed by atoms with van der Waals surface area (Å²) in [5.74, 6) is -0.343. The molecule has 6 fully saturated rings. The maximum absolute atomic E-state index is 11.9. The van der Waals surface area contributed by atoms with E-state index in [1.54, 1.807) is 0 Å². The van der Waals surface area contributed by atoms with Crippen LogP contribution in [0.1, 0.15) is 40.0 Å². The normalized spacial score (nSPS) is 56.1. The van der Waals surface area contributed by atoms with Gasteiger partial charge in [-0.2, -0.15) is 0 Å². The van der Waals surface area contributed by atoms with E-state index in [9.17, 15) is 13.5 Å². The summed E-state index contributed by atoms with van der Waals surface area (Å²) < 4.78 is 36.6. The Morgan fingerprint density at radius 1 is 1.07 bits per heavy atom. The van der Waals surface area contributed by atoms with E-state index in [0.717, 1.165) is 6.42 Å². The fourth-order valence-corrected chi connectivity index (χ4v) is 7.47. The van der Waals surface area contributed by atoms with Gasteiger partial charge < -0.3 is 14.6 Å². The van der Waals surface area contributed by atoms with Gasteiger partial charge in [-0.05, 0) is 25.7 Å². The molecule has 0 radical (unpaired) electrons. The third-order valence-corrected chi connectivity index (χ3v) is 9.59. The van der Waals surface area contributed by atoms with Crippen LogP contribution in [0.2, 0.25) is 0 Å². The minimum absolute atomic E-state index is 0.00799. The van der Waals surface area contributed by atoms with Gasteiger partial charge >= 0.3 is 0 Å². The van der Waals surface area contributed by atoms with Gasteiger partial charge in [0.2, 0.25) is 5.79 Å². The van der Waals surface area contributed by atoms with E-state index in [2.05, 4.69) is 18.7 Å². The van der Waals surface area contributed by atoms with Gasteiger partial charge in [-0.15, -0.1) is 0 Å². The van der Waals surface area contributed by atoms with Gasteiger partial charge in [0.05, 0.1) is 17.6 Å². The number of nitrogens with zero attached hydrogens (tertiary/aromatic N) is 1. The summed E-state index contributed by atoms with van der Waals surface area (Å²) in [5.41, 5.74) is -0.730. The molecule has 5 aliphatic heterocycles. The molecule has 160 valence electrons. The second kappa shape index (κ2) is 6.35. The Morgan fingerprint density at radius 3 is 2.50 bits per heavy atom. The highest BCUT2D eigenvalue weighted by molar-refractivity contribution is 7.91. The summed E-state index contributed by atoms with van der Waals surface area (Å²) in [6, 6.07) is 0. The van der Waals surface area contributed by atoms with Crippen molar-refractivity contribution < 1.29 is 32.8 Å². The molecule has 0 aromatic heterocycles. The molecule has 1 aliphatic carbocycles. The number of sulfone groups is 1. The van der Waals surface area contributed by atoms with Crippen molar-refractivity contribution in [2.45, 2.75) is 70.0 Å². The Balaban J connectivity index is 1.50. The molecule has 2 bridgehead atoms. The van der Waals surface area contributed by atoms with Gasteiger partial charge in [0.15, 0.2) is 21.7 Å². The van der Waals surface area contributed by atoms with Gasteiger partial charge in [-0.1, -0.05) is 13.8 Å². The predicted molar refractivity (Wildman–Crippen MR) is 98.4 cm³/mol. The molecule has 5 saturated heterocycles. The van der Waals surface area contributed by atoms with Gasteiger partial charge in [-0.3, -0.25) is 4.90 Å². The highest BCUT2D eigenvalue weighted by atomic mass is 32.2. The summed E-state index contributed by atoms with van der Waals surface area (Å²) in [4.78, 5) is 14.0. The lowest BCUT2D eigenvalue weighted by atomic mass is 9.57. The van der Waals surface area contributed by atoms with Crippen LogP contribution in [0.4, 0.5) is 0 Å². The molecule has 0 aromatic rings. The standard InChI is InChI=1S/C19H31NO7S/c1-11-13-4-5-18(3)25-17-19(13,27-26-18)14(10-15(11)21)12(2)16(24-17)20-6-8-28(22,23)9-7-20/h11-17,21H,4-10H2,1-3H3/t11-,12+,13?,14?,15+,16+,17?,18-,19+/m0/s1. The average Bonchev–Trinajstić information content (AvgIpc) is 2.87. The minimum Gasteiger partial charge on any atom is -0.393 e. The molecule has 5 heterocycles. The molecule has 6 rings (SSSR count). The quantitative estimate of drug-likeness (QED) is 0.629. The zero-order valence-electron chi connectivity index (χ0n) is 16.7. The SMILES string of the molecule is C[C@@H]1C2C[C@@H](O)[C@@H](C)C3CC[C@]4(C)OO[C@@]23C(O[C@H]1N1CCS(=O)(=O)CC1)O4. The molecule has 9 heteroatoms. The summed E-state index contributed by atoms with van der Waals surface area (Å²) in [7, 11) is -2.97. The highest BCUT2D eigenvalue weighted by Gasteiger charge is 2.70. The van der Waals surface area contributed by atoms with Crippen molar-refractivity contribution in [3.8, 4) is 0 Å². The minimum atomic E-state index is -2.97. The first-order valence-corrected chi connectivity index (χ1v) is 12.3. The lowest BCUT2D eigenvalue weighted by molar-refractivity contribution is -0.575. The molecule has 9 atom stereocenters. The predicted octanol–water partition coefficient (Wildman–Crippen LogP) is 0.896. The lowest BCUT2D eigenvalue weighted by Crippen LogP contribution is -2.73. The smallest absolute Gasteiger partial charge is 0.201 e. The van der Waals surface area contributed by atoms with Crippen molar-refractivity contribution in [1.82, 2.24) is 4.90 Å². The van der Waals surface area contributed by atoms with Crippen LogP contribution in [-0.4, -0.2) is 73.0 Å². The fourth-order valence-electron chi connectivity index (χ4n) is 6.24. The van der Waals surface area contributed by atoms with Crippen LogP contribution in [0.25, 0.3) is 0 Å². The Morgan fingerprint density at radius 2 is 1.79 bits per heavy atom. The molecule has 1 spiro atoms. The third kappa shape index (κ3) is 2.74. The summed E-state index contributed by atoms with van der Waals surface area (Å²) in [5, 5.41) is 10.8. The molecule has 3 unspecified atom stereocenters. The average molecular weight is 418 g/mol. The van der Waals surface area contributed by atoms with Crippen molar-refractivity contribution >= 4 is 9.84 Å². The van der Waals surface area contributed by atoms with Gasteiger partial charge in [0.25, 0.3) is 0 Å². The van der Waals surface area contributed by atoms with Gasteiger partial charge in [0, 0.05) is 37.3 Å². The first-order chi connectivity index (χ1) is 13.2. The van der Waals surface area contributed by atoms with Crippen LogP contribution in [0.15, 0.2) is 0 Å². The maximum atomic E-state index is 11.9. The van der Waals surface area contributed by atoms with Gasteiger partial charge in [0.1, 0.15) is 6.23 Å². The van der Waals surface area contributed by atoms with Crippen LogP contribution >= 0.6 is 0 Å². The Kier molecular flexibility index (Phi) is 4.46. The summed E-state index contributed by atoms with van der Waals surface area (Å²) >= 11 is 0. The molecule has 0 amide bonds. The number of hydrogen-bond acceptors (Lipinski definition) is 8. The van der Waals surface area contributed by atoms with E-state index in [1.807, 2.05) is 6.92 Å². The molecular formula is C19H31NO7S. The van der Waals surface area contributed by atoms with Gasteiger partial charge in [-0.25, -0.2) is 18.2 Å². The largest absolute Gasteiger partial charge is 0.393 e. The number of rotatable bonds is 1. The zero-order valence-corrected chi connectivity index (χ0v) is 17.6. The van der Waals surface area contributed by atoms with Crippen molar-refractivity contribution in [2.75, 3.05) is 24.6 Å². The topological polar surface area (TPSA) is 94.5 Å². The van der Waals surface area contributed by atoms with E-state index in [-0.39, 0.29) is 41.4 Å². The van der Waals surface area contributed by atoms with Crippen molar-refractivity contribution in [3.63, 3.8) is 0 Å². The Bertz CT molecular complexity index is 729. The van der Waals surface area contributed by atoms with Crippen LogP contribution in [0.5, 0.6) is 0 Å². The van der Waals surface area contributed by atoms with E-state index >= 15 is 0 Å². The van der Waals surface area contributed by atoms with Crippen LogP contribution in [0.3, 0.4) is 0 Å². The molecule has 0 aromatic carbocycles. The highest BCUT2D eigenvalue weighted by Crippen LogP contribution is 2.60. The van der Waals surface area contributed by atoms with Crippen molar-refractivity contribution in [1.29, 1.82) is 0 Å². The van der Waals surface area contributed by atoms with E-state index < -0.39 is 33.6 Å². The monoisotopic (exact) mass is 417 g/mol. The number of ether oxygens (including phenoxy) is 2. The third-order valence-electron chi connectivity index (χ3n) is 7.98. The van der Waals surface area contributed by atoms with Crippen molar-refractivity contribution in [2.24, 2.45) is 23.7 Å². The first-order valence-electron chi connectivity index (χ1n) is 10.5. The Hall–Kier alpha value is -0.290. The van der Waals surface area contributed by atoms with Crippen LogP contribution < -0.4 is 0 Å². The molecule has 1 N–H and O–H groups in total.